The van der Waals surface area contributed by atoms with Crippen molar-refractivity contribution in [2.45, 2.75) is 19.9 Å². The zero-order valence-corrected chi connectivity index (χ0v) is 15.7. The maximum Gasteiger partial charge on any atom is 0.293 e. The highest BCUT2D eigenvalue weighted by molar-refractivity contribution is 5.90. The molecule has 0 saturated heterocycles. The molecule has 4 rings (SSSR count). The minimum atomic E-state index is -0.190. The Morgan fingerprint density at radius 2 is 1.64 bits per heavy atom. The van der Waals surface area contributed by atoms with Crippen LogP contribution in [0.5, 0.6) is 0 Å². The van der Waals surface area contributed by atoms with Gasteiger partial charge in [-0.05, 0) is 30.5 Å². The second kappa shape index (κ2) is 8.00. The lowest BCUT2D eigenvalue weighted by molar-refractivity contribution is 0.0733. The molecule has 2 aromatic heterocycles. The molecule has 2 heterocycles. The number of aryl methyl sites for hydroxylation is 1. The first-order valence-electron chi connectivity index (χ1n) is 9.26. The summed E-state index contributed by atoms with van der Waals surface area (Å²) in [6, 6.07) is 22.0. The summed E-state index contributed by atoms with van der Waals surface area (Å²) < 4.78 is 1.60. The van der Waals surface area contributed by atoms with Crippen LogP contribution in [0.15, 0.2) is 72.9 Å². The molecule has 1 amide bonds. The molecular weight excluding hydrogens is 350 g/mol. The summed E-state index contributed by atoms with van der Waals surface area (Å²) in [5, 5.41) is 4.38. The van der Waals surface area contributed by atoms with Gasteiger partial charge in [-0.25, -0.2) is 9.50 Å². The van der Waals surface area contributed by atoms with E-state index in [1.807, 2.05) is 61.5 Å². The molecule has 0 spiro atoms. The van der Waals surface area contributed by atoms with E-state index in [1.54, 1.807) is 15.6 Å². The zero-order chi connectivity index (χ0) is 19.3. The summed E-state index contributed by atoms with van der Waals surface area (Å²) in [6.07, 6.45) is 2.44. The molecule has 6 heteroatoms. The number of amides is 1. The average molecular weight is 371 g/mol. The van der Waals surface area contributed by atoms with E-state index in [2.05, 4.69) is 27.2 Å². The molecule has 0 fully saturated rings. The van der Waals surface area contributed by atoms with E-state index in [0.717, 1.165) is 17.7 Å². The Balaban J connectivity index is 1.60. The second-order valence-electron chi connectivity index (χ2n) is 6.68. The number of nitrogens with zero attached hydrogens (tertiary/aromatic N) is 5. The molecule has 0 N–H and O–H groups in total. The van der Waals surface area contributed by atoms with Crippen LogP contribution in [0.4, 0.5) is 0 Å². The minimum absolute atomic E-state index is 0.172. The summed E-state index contributed by atoms with van der Waals surface area (Å²) in [7, 11) is 0. The lowest BCUT2D eigenvalue weighted by Crippen LogP contribution is -2.33. The van der Waals surface area contributed by atoms with Crippen molar-refractivity contribution in [1.29, 1.82) is 0 Å². The lowest BCUT2D eigenvalue weighted by atomic mass is 10.1. The average Bonchev–Trinajstić information content (AvgIpc) is 3.18. The second-order valence-corrected chi connectivity index (χ2v) is 6.68. The zero-order valence-electron chi connectivity index (χ0n) is 15.7. The van der Waals surface area contributed by atoms with Crippen molar-refractivity contribution in [3.05, 3.63) is 95.6 Å². The van der Waals surface area contributed by atoms with Gasteiger partial charge in [0.25, 0.3) is 11.7 Å². The van der Waals surface area contributed by atoms with Crippen molar-refractivity contribution in [1.82, 2.24) is 24.5 Å². The molecule has 0 atom stereocenters. The molecule has 0 radical (unpaired) electrons. The van der Waals surface area contributed by atoms with Gasteiger partial charge in [-0.1, -0.05) is 60.7 Å². The molecular formula is C22H21N5O. The summed E-state index contributed by atoms with van der Waals surface area (Å²) >= 11 is 0. The van der Waals surface area contributed by atoms with Crippen LogP contribution in [0.25, 0.3) is 5.78 Å². The van der Waals surface area contributed by atoms with Gasteiger partial charge in [0, 0.05) is 25.0 Å². The summed E-state index contributed by atoms with van der Waals surface area (Å²) in [5.74, 6) is 0.418. The van der Waals surface area contributed by atoms with Gasteiger partial charge in [-0.2, -0.15) is 4.98 Å². The van der Waals surface area contributed by atoms with Crippen LogP contribution in [0.3, 0.4) is 0 Å². The first kappa shape index (κ1) is 17.9. The smallest absolute Gasteiger partial charge is 0.293 e. The van der Waals surface area contributed by atoms with Gasteiger partial charge in [0.05, 0.1) is 0 Å². The molecule has 0 unspecified atom stereocenters. The quantitative estimate of drug-likeness (QED) is 0.522. The first-order valence-corrected chi connectivity index (χ1v) is 9.26. The molecule has 0 bridgehead atoms. The van der Waals surface area contributed by atoms with Crippen molar-refractivity contribution < 1.29 is 4.79 Å². The van der Waals surface area contributed by atoms with E-state index in [4.69, 9.17) is 0 Å². The van der Waals surface area contributed by atoms with Crippen LogP contribution >= 0.6 is 0 Å². The minimum Gasteiger partial charge on any atom is -0.331 e. The Hall–Kier alpha value is -3.54. The van der Waals surface area contributed by atoms with Gasteiger partial charge >= 0.3 is 0 Å². The number of benzene rings is 2. The number of aromatic nitrogens is 4. The number of carbonyl (C=O) groups excluding carboxylic acids is 1. The summed E-state index contributed by atoms with van der Waals surface area (Å²) in [6.45, 7) is 3.00. The van der Waals surface area contributed by atoms with Crippen molar-refractivity contribution in [2.75, 3.05) is 6.54 Å². The van der Waals surface area contributed by atoms with Gasteiger partial charge in [0.15, 0.2) is 0 Å². The Labute approximate surface area is 163 Å². The van der Waals surface area contributed by atoms with Crippen LogP contribution in [0.2, 0.25) is 0 Å². The molecule has 28 heavy (non-hydrogen) atoms. The van der Waals surface area contributed by atoms with Gasteiger partial charge in [0.2, 0.25) is 5.82 Å². The van der Waals surface area contributed by atoms with Crippen LogP contribution < -0.4 is 0 Å². The van der Waals surface area contributed by atoms with Crippen LogP contribution in [-0.2, 0) is 13.0 Å². The van der Waals surface area contributed by atoms with Crippen molar-refractivity contribution in [3.63, 3.8) is 0 Å². The topological polar surface area (TPSA) is 63.4 Å². The standard InChI is InChI=1S/C22H21N5O/c1-17-12-14-23-22-24-20(25-27(17)22)21(28)26(16-19-10-6-3-7-11-19)15-13-18-8-4-2-5-9-18/h2-12,14H,13,15-16H2,1H3. The van der Waals surface area contributed by atoms with Crippen LogP contribution in [-0.4, -0.2) is 36.9 Å². The van der Waals surface area contributed by atoms with Crippen LogP contribution in [0.1, 0.15) is 27.4 Å². The third-order valence-electron chi connectivity index (χ3n) is 4.64. The lowest BCUT2D eigenvalue weighted by Gasteiger charge is -2.21. The van der Waals surface area contributed by atoms with Gasteiger partial charge in [-0.3, -0.25) is 4.79 Å². The highest BCUT2D eigenvalue weighted by Gasteiger charge is 2.21. The van der Waals surface area contributed by atoms with Crippen molar-refractivity contribution >= 4 is 11.7 Å². The van der Waals surface area contributed by atoms with E-state index in [-0.39, 0.29) is 11.7 Å². The first-order chi connectivity index (χ1) is 13.7. The Bertz CT molecular complexity index is 1080. The van der Waals surface area contributed by atoms with Crippen LogP contribution in [0, 0.1) is 6.92 Å². The molecule has 0 saturated carbocycles. The number of carbonyl (C=O) groups is 1. The van der Waals surface area contributed by atoms with Crippen molar-refractivity contribution in [3.8, 4) is 0 Å². The number of hydrogen-bond donors (Lipinski definition) is 0. The van der Waals surface area contributed by atoms with Gasteiger partial charge in [0.1, 0.15) is 0 Å². The molecule has 4 aromatic rings. The normalized spacial score (nSPS) is 10.9. The van der Waals surface area contributed by atoms with E-state index in [0.29, 0.717) is 18.9 Å². The Morgan fingerprint density at radius 1 is 0.964 bits per heavy atom. The summed E-state index contributed by atoms with van der Waals surface area (Å²) in [5.41, 5.74) is 3.14. The fourth-order valence-electron chi connectivity index (χ4n) is 3.10. The van der Waals surface area contributed by atoms with Gasteiger partial charge in [-0.15, -0.1) is 5.10 Å². The monoisotopic (exact) mass is 371 g/mol. The highest BCUT2D eigenvalue weighted by atomic mass is 16.2. The molecule has 0 aliphatic carbocycles. The van der Waals surface area contributed by atoms with E-state index < -0.39 is 0 Å². The third-order valence-corrected chi connectivity index (χ3v) is 4.64. The van der Waals surface area contributed by atoms with Crippen molar-refractivity contribution in [2.24, 2.45) is 0 Å². The molecule has 140 valence electrons. The van der Waals surface area contributed by atoms with Gasteiger partial charge < -0.3 is 4.90 Å². The number of hydrogen-bond acceptors (Lipinski definition) is 4. The predicted octanol–water partition coefficient (Wildman–Crippen LogP) is 3.32. The third kappa shape index (κ3) is 3.91. The van der Waals surface area contributed by atoms with E-state index in [9.17, 15) is 4.79 Å². The molecule has 6 nitrogen and oxygen atoms in total. The number of rotatable bonds is 6. The van der Waals surface area contributed by atoms with E-state index >= 15 is 0 Å². The fourth-order valence-corrected chi connectivity index (χ4v) is 3.10. The SMILES string of the molecule is Cc1ccnc2nc(C(=O)N(CCc3ccccc3)Cc3ccccc3)nn12. The maximum absolute atomic E-state index is 13.2. The molecule has 0 aliphatic heterocycles. The molecule has 0 aliphatic rings. The largest absolute Gasteiger partial charge is 0.331 e. The fraction of sp³-hybridized carbons (Fsp3) is 0.182. The Kier molecular flexibility index (Phi) is 5.10. The highest BCUT2D eigenvalue weighted by Crippen LogP contribution is 2.11. The molecule has 2 aromatic carbocycles. The maximum atomic E-state index is 13.2. The van der Waals surface area contributed by atoms with E-state index in [1.165, 1.54) is 5.56 Å². The predicted molar refractivity (Wildman–Crippen MR) is 107 cm³/mol. The number of fused-ring (bicyclic) bond motifs is 1. The Morgan fingerprint density at radius 3 is 2.32 bits per heavy atom. The summed E-state index contributed by atoms with van der Waals surface area (Å²) in [4.78, 5) is 23.6.